The SMILES string of the molecule is COc1cc(C=NN=C(N)N)cc(CN(C)C)c1O. The number of aromatic hydroxyl groups is 1. The van der Waals surface area contributed by atoms with Crippen LogP contribution in [0.1, 0.15) is 11.1 Å². The number of hydrogen-bond acceptors (Lipinski definition) is 5. The lowest BCUT2D eigenvalue weighted by Gasteiger charge is -2.14. The van der Waals surface area contributed by atoms with E-state index in [2.05, 4.69) is 10.2 Å². The van der Waals surface area contributed by atoms with Crippen LogP contribution in [0, 0.1) is 0 Å². The number of rotatable bonds is 5. The van der Waals surface area contributed by atoms with E-state index in [1.165, 1.54) is 13.3 Å². The maximum absolute atomic E-state index is 10.0. The third-order valence-corrected chi connectivity index (χ3v) is 2.26. The van der Waals surface area contributed by atoms with E-state index in [1.807, 2.05) is 19.0 Å². The summed E-state index contributed by atoms with van der Waals surface area (Å²) in [4.78, 5) is 1.94. The van der Waals surface area contributed by atoms with Gasteiger partial charge in [0.25, 0.3) is 0 Å². The van der Waals surface area contributed by atoms with Gasteiger partial charge in [0.05, 0.1) is 13.3 Å². The molecule has 1 aromatic rings. The number of phenols is 1. The third-order valence-electron chi connectivity index (χ3n) is 2.26. The zero-order valence-corrected chi connectivity index (χ0v) is 11.3. The van der Waals surface area contributed by atoms with Crippen molar-refractivity contribution in [1.29, 1.82) is 0 Å². The van der Waals surface area contributed by atoms with E-state index in [4.69, 9.17) is 16.2 Å². The smallest absolute Gasteiger partial charge is 0.211 e. The van der Waals surface area contributed by atoms with Crippen LogP contribution in [0.4, 0.5) is 0 Å². The van der Waals surface area contributed by atoms with Crippen LogP contribution in [0.5, 0.6) is 11.5 Å². The van der Waals surface area contributed by atoms with Crippen molar-refractivity contribution >= 4 is 12.2 Å². The first kappa shape index (κ1) is 14.8. The number of phenolic OH excluding ortho intramolecular Hbond substituents is 1. The lowest BCUT2D eigenvalue weighted by Crippen LogP contribution is -2.21. The molecule has 19 heavy (non-hydrogen) atoms. The van der Waals surface area contributed by atoms with Gasteiger partial charge in [-0.15, -0.1) is 5.10 Å². The van der Waals surface area contributed by atoms with Crippen LogP contribution >= 0.6 is 0 Å². The van der Waals surface area contributed by atoms with E-state index in [-0.39, 0.29) is 11.7 Å². The summed E-state index contributed by atoms with van der Waals surface area (Å²) in [5, 5.41) is 17.3. The van der Waals surface area contributed by atoms with Crippen molar-refractivity contribution in [2.24, 2.45) is 21.7 Å². The largest absolute Gasteiger partial charge is 0.504 e. The normalized spacial score (nSPS) is 10.9. The average molecular weight is 265 g/mol. The number of methoxy groups -OCH3 is 1. The molecule has 0 aliphatic heterocycles. The summed E-state index contributed by atoms with van der Waals surface area (Å²) in [6, 6.07) is 3.45. The first-order valence-corrected chi connectivity index (χ1v) is 5.60. The van der Waals surface area contributed by atoms with Crippen molar-refractivity contribution in [2.45, 2.75) is 6.54 Å². The van der Waals surface area contributed by atoms with E-state index in [1.54, 1.807) is 12.1 Å². The number of ether oxygens (including phenoxy) is 1. The summed E-state index contributed by atoms with van der Waals surface area (Å²) in [5.41, 5.74) is 11.8. The van der Waals surface area contributed by atoms with Gasteiger partial charge in [-0.3, -0.25) is 0 Å². The Morgan fingerprint density at radius 3 is 2.63 bits per heavy atom. The quantitative estimate of drug-likeness (QED) is 0.396. The van der Waals surface area contributed by atoms with Crippen LogP contribution < -0.4 is 16.2 Å². The maximum atomic E-state index is 10.0. The summed E-state index contributed by atoms with van der Waals surface area (Å²) in [5.74, 6) is 0.385. The van der Waals surface area contributed by atoms with E-state index in [9.17, 15) is 5.11 Å². The Balaban J connectivity index is 3.12. The Hall–Kier alpha value is -2.28. The standard InChI is InChI=1S/C12H19N5O2/c1-17(2)7-9-4-8(6-15-16-12(13)14)5-10(19-3)11(9)18/h4-6,18H,7H2,1-3H3,(H4,13,14,16). The summed E-state index contributed by atoms with van der Waals surface area (Å²) < 4.78 is 5.12. The van der Waals surface area contributed by atoms with Gasteiger partial charge in [0, 0.05) is 12.1 Å². The number of hydrogen-bond donors (Lipinski definition) is 3. The van der Waals surface area contributed by atoms with Gasteiger partial charge in [0.2, 0.25) is 5.96 Å². The molecule has 0 aliphatic carbocycles. The molecular formula is C12H19N5O2. The van der Waals surface area contributed by atoms with Crippen LogP contribution in [0.2, 0.25) is 0 Å². The second kappa shape index (κ2) is 6.60. The van der Waals surface area contributed by atoms with Crippen molar-refractivity contribution in [3.8, 4) is 11.5 Å². The highest BCUT2D eigenvalue weighted by Crippen LogP contribution is 2.31. The van der Waals surface area contributed by atoms with Gasteiger partial charge >= 0.3 is 0 Å². The van der Waals surface area contributed by atoms with Gasteiger partial charge < -0.3 is 26.2 Å². The first-order valence-electron chi connectivity index (χ1n) is 5.60. The summed E-state index contributed by atoms with van der Waals surface area (Å²) in [6.07, 6.45) is 1.49. The molecule has 0 spiro atoms. The molecule has 0 bridgehead atoms. The Morgan fingerprint density at radius 1 is 1.42 bits per heavy atom. The van der Waals surface area contributed by atoms with Crippen molar-refractivity contribution in [2.75, 3.05) is 21.2 Å². The lowest BCUT2D eigenvalue weighted by atomic mass is 10.1. The zero-order valence-electron chi connectivity index (χ0n) is 11.3. The van der Waals surface area contributed by atoms with Gasteiger partial charge in [0.15, 0.2) is 11.5 Å². The molecule has 0 radical (unpaired) electrons. The minimum absolute atomic E-state index is 0.115. The topological polar surface area (TPSA) is 109 Å². The fourth-order valence-corrected chi connectivity index (χ4v) is 1.54. The number of nitrogens with zero attached hydrogens (tertiary/aromatic N) is 3. The van der Waals surface area contributed by atoms with E-state index in [0.717, 1.165) is 11.1 Å². The second-order valence-corrected chi connectivity index (χ2v) is 4.24. The van der Waals surface area contributed by atoms with Crippen molar-refractivity contribution in [1.82, 2.24) is 4.90 Å². The minimum Gasteiger partial charge on any atom is -0.504 e. The predicted octanol–water partition coefficient (Wildman–Crippen LogP) is 0.0697. The highest BCUT2D eigenvalue weighted by atomic mass is 16.5. The number of nitrogens with two attached hydrogens (primary N) is 2. The molecule has 1 aromatic carbocycles. The molecule has 1 rings (SSSR count). The summed E-state index contributed by atoms with van der Waals surface area (Å²) in [7, 11) is 5.31. The Kier molecular flexibility index (Phi) is 5.13. The van der Waals surface area contributed by atoms with E-state index < -0.39 is 0 Å². The average Bonchev–Trinajstić information content (AvgIpc) is 2.31. The molecule has 5 N–H and O–H groups in total. The van der Waals surface area contributed by atoms with Crippen LogP contribution in [0.15, 0.2) is 22.3 Å². The van der Waals surface area contributed by atoms with E-state index >= 15 is 0 Å². The van der Waals surface area contributed by atoms with Crippen molar-refractivity contribution in [3.05, 3.63) is 23.3 Å². The van der Waals surface area contributed by atoms with Crippen LogP contribution in [0.25, 0.3) is 0 Å². The first-order chi connectivity index (χ1) is 8.93. The Morgan fingerprint density at radius 2 is 2.11 bits per heavy atom. The molecule has 0 saturated heterocycles. The zero-order chi connectivity index (χ0) is 14.4. The Labute approximate surface area is 112 Å². The minimum atomic E-state index is -0.115. The molecule has 0 aromatic heterocycles. The second-order valence-electron chi connectivity index (χ2n) is 4.24. The molecule has 0 aliphatic rings. The van der Waals surface area contributed by atoms with Gasteiger partial charge in [-0.2, -0.15) is 5.10 Å². The number of benzene rings is 1. The molecular weight excluding hydrogens is 246 g/mol. The van der Waals surface area contributed by atoms with Crippen LogP contribution in [-0.2, 0) is 6.54 Å². The summed E-state index contributed by atoms with van der Waals surface area (Å²) >= 11 is 0. The molecule has 0 amide bonds. The molecule has 0 heterocycles. The van der Waals surface area contributed by atoms with Crippen LogP contribution in [0.3, 0.4) is 0 Å². The van der Waals surface area contributed by atoms with Gasteiger partial charge in [-0.25, -0.2) is 0 Å². The molecule has 7 heteroatoms. The number of guanidine groups is 1. The van der Waals surface area contributed by atoms with Crippen molar-refractivity contribution < 1.29 is 9.84 Å². The monoisotopic (exact) mass is 265 g/mol. The molecule has 0 unspecified atom stereocenters. The van der Waals surface area contributed by atoms with E-state index in [0.29, 0.717) is 12.3 Å². The Bertz CT molecular complexity index is 493. The molecule has 0 saturated carbocycles. The van der Waals surface area contributed by atoms with Gasteiger partial charge in [-0.1, -0.05) is 0 Å². The summed E-state index contributed by atoms with van der Waals surface area (Å²) in [6.45, 7) is 0.576. The third kappa shape index (κ3) is 4.47. The highest BCUT2D eigenvalue weighted by molar-refractivity contribution is 5.83. The highest BCUT2D eigenvalue weighted by Gasteiger charge is 2.10. The molecule has 7 nitrogen and oxygen atoms in total. The van der Waals surface area contributed by atoms with Crippen LogP contribution in [-0.4, -0.2) is 43.4 Å². The fraction of sp³-hybridized carbons (Fsp3) is 0.333. The lowest BCUT2D eigenvalue weighted by molar-refractivity contribution is 0.354. The maximum Gasteiger partial charge on any atom is 0.211 e. The van der Waals surface area contributed by atoms with Crippen molar-refractivity contribution in [3.63, 3.8) is 0 Å². The molecule has 104 valence electrons. The predicted molar refractivity (Wildman–Crippen MR) is 75.5 cm³/mol. The molecule has 0 atom stereocenters. The molecule has 0 fully saturated rings. The van der Waals surface area contributed by atoms with Gasteiger partial charge in [-0.05, 0) is 31.8 Å². The van der Waals surface area contributed by atoms with Gasteiger partial charge in [0.1, 0.15) is 0 Å². The fourth-order valence-electron chi connectivity index (χ4n) is 1.54.